The van der Waals surface area contributed by atoms with Crippen LogP contribution in [0.4, 0.5) is 0 Å². The molecule has 4 rings (SSSR count). The number of amides is 1. The van der Waals surface area contributed by atoms with Gasteiger partial charge in [0.2, 0.25) is 11.7 Å². The molecule has 0 radical (unpaired) electrons. The molecule has 4 aromatic rings. The van der Waals surface area contributed by atoms with Crippen molar-refractivity contribution >= 4 is 16.7 Å². The Morgan fingerprint density at radius 1 is 1.13 bits per heavy atom. The summed E-state index contributed by atoms with van der Waals surface area (Å²) in [7, 11) is 0. The zero-order chi connectivity index (χ0) is 22.5. The van der Waals surface area contributed by atoms with Crippen molar-refractivity contribution in [1.82, 2.24) is 14.8 Å². The van der Waals surface area contributed by atoms with Gasteiger partial charge in [-0.1, -0.05) is 32.9 Å². The van der Waals surface area contributed by atoms with E-state index < -0.39 is 5.91 Å². The van der Waals surface area contributed by atoms with Gasteiger partial charge in [-0.05, 0) is 54.7 Å². The number of aromatic nitrogens is 3. The van der Waals surface area contributed by atoms with E-state index in [1.165, 1.54) is 4.68 Å². The highest BCUT2D eigenvalue weighted by Crippen LogP contribution is 2.29. The topological polar surface area (TPSA) is 104 Å². The second kappa shape index (κ2) is 7.19. The van der Waals surface area contributed by atoms with Crippen molar-refractivity contribution < 1.29 is 9.21 Å². The van der Waals surface area contributed by atoms with Crippen LogP contribution < -0.4 is 11.3 Å². The Morgan fingerprint density at radius 2 is 1.87 bits per heavy atom. The summed E-state index contributed by atoms with van der Waals surface area (Å²) in [6, 6.07) is 11.3. The summed E-state index contributed by atoms with van der Waals surface area (Å²) in [4.78, 5) is 29.1. The fraction of sp³-hybridized carbons (Fsp3) is 0.250. The largest absolute Gasteiger partial charge is 0.431 e. The zero-order valence-electron chi connectivity index (χ0n) is 18.2. The van der Waals surface area contributed by atoms with E-state index >= 15 is 0 Å². The molecular weight excluding hydrogens is 392 g/mol. The van der Waals surface area contributed by atoms with E-state index in [1.807, 2.05) is 37.3 Å². The summed E-state index contributed by atoms with van der Waals surface area (Å²) in [5.74, 6) is -0.378. The summed E-state index contributed by atoms with van der Waals surface area (Å²) in [6.07, 6.45) is 1.71. The lowest BCUT2D eigenvalue weighted by Crippen LogP contribution is -2.22. The van der Waals surface area contributed by atoms with E-state index in [9.17, 15) is 9.59 Å². The minimum atomic E-state index is -0.674. The number of nitrogens with two attached hydrogens (primary N) is 1. The standard InChI is InChI=1S/C24H24N4O3/c1-13-17(22-27-14(2)20(31-22)21(25)29)7-6-8-19(13)28-23(30)18-10-9-16(24(3,4)5)11-15(18)12-26-28/h6-12H,1-5H3,(H2,25,29). The van der Waals surface area contributed by atoms with E-state index in [2.05, 4.69) is 30.9 Å². The lowest BCUT2D eigenvalue weighted by molar-refractivity contribution is 0.0974. The van der Waals surface area contributed by atoms with Gasteiger partial charge in [0.1, 0.15) is 0 Å². The number of carbonyl (C=O) groups excluding carboxylic acids is 1. The molecule has 158 valence electrons. The van der Waals surface area contributed by atoms with Crippen molar-refractivity contribution in [2.45, 2.75) is 40.0 Å². The minimum Gasteiger partial charge on any atom is -0.431 e. The van der Waals surface area contributed by atoms with Gasteiger partial charge in [0, 0.05) is 10.9 Å². The van der Waals surface area contributed by atoms with Crippen LogP contribution in [0.15, 0.2) is 51.8 Å². The molecule has 0 spiro atoms. The molecule has 0 saturated carbocycles. The molecule has 7 heteroatoms. The van der Waals surface area contributed by atoms with Crippen molar-refractivity contribution in [2.24, 2.45) is 5.73 Å². The first kappa shape index (κ1) is 20.5. The van der Waals surface area contributed by atoms with Gasteiger partial charge in [-0.15, -0.1) is 0 Å². The van der Waals surface area contributed by atoms with Crippen LogP contribution in [0, 0.1) is 13.8 Å². The number of rotatable bonds is 3. The van der Waals surface area contributed by atoms with E-state index in [0.717, 1.165) is 16.5 Å². The molecule has 2 heterocycles. The van der Waals surface area contributed by atoms with Gasteiger partial charge >= 0.3 is 0 Å². The van der Waals surface area contributed by atoms with E-state index in [1.54, 1.807) is 19.2 Å². The number of hydrogen-bond donors (Lipinski definition) is 1. The van der Waals surface area contributed by atoms with Gasteiger partial charge in [0.25, 0.3) is 11.5 Å². The van der Waals surface area contributed by atoms with Gasteiger partial charge in [0.15, 0.2) is 0 Å². The molecule has 31 heavy (non-hydrogen) atoms. The smallest absolute Gasteiger partial charge is 0.286 e. The minimum absolute atomic E-state index is 0.0219. The molecule has 2 N–H and O–H groups in total. The lowest BCUT2D eigenvalue weighted by atomic mass is 9.86. The van der Waals surface area contributed by atoms with Crippen LogP contribution in [-0.4, -0.2) is 20.7 Å². The molecule has 0 aliphatic heterocycles. The van der Waals surface area contributed by atoms with Crippen LogP contribution in [0.5, 0.6) is 0 Å². The summed E-state index contributed by atoms with van der Waals surface area (Å²) in [6.45, 7) is 9.91. The Labute approximate surface area is 179 Å². The highest BCUT2D eigenvalue weighted by atomic mass is 16.4. The number of primary amides is 1. The number of hydrogen-bond acceptors (Lipinski definition) is 5. The third-order valence-electron chi connectivity index (χ3n) is 5.44. The molecule has 1 amide bonds. The molecule has 0 aliphatic rings. The second-order valence-corrected chi connectivity index (χ2v) is 8.66. The Balaban J connectivity index is 1.86. The van der Waals surface area contributed by atoms with Crippen molar-refractivity contribution in [2.75, 3.05) is 0 Å². The average Bonchev–Trinajstić information content (AvgIpc) is 3.09. The van der Waals surface area contributed by atoms with Gasteiger partial charge in [-0.3, -0.25) is 9.59 Å². The third-order valence-corrected chi connectivity index (χ3v) is 5.44. The van der Waals surface area contributed by atoms with Gasteiger partial charge < -0.3 is 10.2 Å². The van der Waals surface area contributed by atoms with Gasteiger partial charge in [-0.2, -0.15) is 9.78 Å². The highest BCUT2D eigenvalue weighted by molar-refractivity contribution is 5.91. The Kier molecular flexibility index (Phi) is 4.76. The lowest BCUT2D eigenvalue weighted by Gasteiger charge is -2.19. The normalized spacial score (nSPS) is 11.8. The summed E-state index contributed by atoms with van der Waals surface area (Å²) >= 11 is 0. The third kappa shape index (κ3) is 3.52. The van der Waals surface area contributed by atoms with E-state index in [4.69, 9.17) is 10.2 Å². The molecule has 0 aliphatic carbocycles. The Morgan fingerprint density at radius 3 is 2.52 bits per heavy atom. The van der Waals surface area contributed by atoms with Crippen LogP contribution in [0.25, 0.3) is 27.9 Å². The van der Waals surface area contributed by atoms with E-state index in [0.29, 0.717) is 22.3 Å². The first-order valence-electron chi connectivity index (χ1n) is 9.98. The summed E-state index contributed by atoms with van der Waals surface area (Å²) < 4.78 is 6.96. The van der Waals surface area contributed by atoms with Gasteiger partial charge in [0.05, 0.1) is 23.0 Å². The first-order chi connectivity index (χ1) is 14.6. The van der Waals surface area contributed by atoms with Crippen LogP contribution in [0.3, 0.4) is 0 Å². The fourth-order valence-corrected chi connectivity index (χ4v) is 3.61. The number of oxazole rings is 1. The number of carbonyl (C=O) groups is 1. The SMILES string of the molecule is Cc1nc(-c2cccc(-n3ncc4cc(C(C)(C)C)ccc4c3=O)c2C)oc1C(N)=O. The summed E-state index contributed by atoms with van der Waals surface area (Å²) in [5, 5.41) is 5.82. The molecule has 7 nitrogen and oxygen atoms in total. The number of benzene rings is 2. The number of fused-ring (bicyclic) bond motifs is 1. The number of nitrogens with zero attached hydrogens (tertiary/aromatic N) is 3. The first-order valence-corrected chi connectivity index (χ1v) is 9.98. The zero-order valence-corrected chi connectivity index (χ0v) is 18.2. The number of aryl methyl sites for hydroxylation is 1. The maximum atomic E-state index is 13.2. The van der Waals surface area contributed by atoms with Crippen molar-refractivity contribution in [3.8, 4) is 17.1 Å². The predicted molar refractivity (Wildman–Crippen MR) is 120 cm³/mol. The Hall–Kier alpha value is -3.74. The molecule has 0 bridgehead atoms. The molecule has 0 atom stereocenters. The summed E-state index contributed by atoms with van der Waals surface area (Å²) in [5.41, 5.74) is 8.70. The van der Waals surface area contributed by atoms with Crippen LogP contribution >= 0.6 is 0 Å². The maximum Gasteiger partial charge on any atom is 0.286 e. The second-order valence-electron chi connectivity index (χ2n) is 8.66. The van der Waals surface area contributed by atoms with Crippen molar-refractivity contribution in [3.63, 3.8) is 0 Å². The van der Waals surface area contributed by atoms with Crippen LogP contribution in [0.1, 0.15) is 48.1 Å². The molecule has 0 saturated heterocycles. The molecular formula is C24H24N4O3. The van der Waals surface area contributed by atoms with Crippen LogP contribution in [0.2, 0.25) is 0 Å². The molecule has 0 fully saturated rings. The van der Waals surface area contributed by atoms with Crippen molar-refractivity contribution in [1.29, 1.82) is 0 Å². The fourth-order valence-electron chi connectivity index (χ4n) is 3.61. The maximum absolute atomic E-state index is 13.2. The monoisotopic (exact) mass is 416 g/mol. The van der Waals surface area contributed by atoms with Crippen LogP contribution in [-0.2, 0) is 5.41 Å². The highest BCUT2D eigenvalue weighted by Gasteiger charge is 2.20. The molecule has 2 aromatic heterocycles. The average molecular weight is 416 g/mol. The van der Waals surface area contributed by atoms with Crippen molar-refractivity contribution in [3.05, 3.63) is 75.5 Å². The van der Waals surface area contributed by atoms with Gasteiger partial charge in [-0.25, -0.2) is 4.98 Å². The molecule has 2 aromatic carbocycles. The van der Waals surface area contributed by atoms with E-state index in [-0.39, 0.29) is 22.6 Å². The molecule has 0 unspecified atom stereocenters. The predicted octanol–water partition coefficient (Wildman–Crippen LogP) is 4.05. The Bertz CT molecular complexity index is 1390. The quantitative estimate of drug-likeness (QED) is 0.542.